The Morgan fingerprint density at radius 3 is 1.03 bits per heavy atom. The van der Waals surface area contributed by atoms with Gasteiger partial charge in [0, 0.05) is 0 Å². The summed E-state index contributed by atoms with van der Waals surface area (Å²) in [5.74, 6) is -1.51. The van der Waals surface area contributed by atoms with Crippen molar-refractivity contribution in [3.05, 3.63) is 11.5 Å². The Morgan fingerprint density at radius 1 is 0.455 bits per heavy atom. The Hall–Kier alpha value is -1.52. The third-order valence-electron chi connectivity index (χ3n) is 6.25. The lowest BCUT2D eigenvalue weighted by Crippen LogP contribution is -2.06. The minimum Gasteiger partial charge on any atom is -0.484 e. The Morgan fingerprint density at radius 2 is 0.727 bits per heavy atom. The fourth-order valence-corrected chi connectivity index (χ4v) is 4.14. The Bertz CT molecular complexity index is 494. The van der Waals surface area contributed by atoms with E-state index in [1.807, 2.05) is 0 Å². The van der Waals surface area contributed by atoms with Crippen molar-refractivity contribution in [2.75, 3.05) is 13.2 Å². The highest BCUT2D eigenvalue weighted by Gasteiger charge is 2.36. The van der Waals surface area contributed by atoms with E-state index in [9.17, 15) is 9.59 Å². The van der Waals surface area contributed by atoms with Crippen LogP contribution in [0.5, 0.6) is 0 Å². The molecule has 0 N–H and O–H groups in total. The summed E-state index contributed by atoms with van der Waals surface area (Å²) in [6.07, 6.45) is 24.7. The monoisotopic (exact) mass is 466 g/mol. The summed E-state index contributed by atoms with van der Waals surface area (Å²) in [5, 5.41) is 0. The molecule has 0 aromatic carbocycles. The van der Waals surface area contributed by atoms with Crippen molar-refractivity contribution in [1.82, 2.24) is 0 Å². The zero-order valence-corrected chi connectivity index (χ0v) is 21.6. The normalized spacial score (nSPS) is 13.6. The second-order valence-electron chi connectivity index (χ2n) is 9.40. The highest BCUT2D eigenvalue weighted by atomic mass is 16.6. The van der Waals surface area contributed by atoms with Crippen LogP contribution in [0.2, 0.25) is 0 Å². The topological polar surface area (TPSA) is 61.8 Å². The summed E-state index contributed by atoms with van der Waals surface area (Å²) in [5.41, 5.74) is 0. The third-order valence-corrected chi connectivity index (χ3v) is 6.25. The molecule has 1 rings (SSSR count). The summed E-state index contributed by atoms with van der Waals surface area (Å²) in [7, 11) is 0. The number of ether oxygens (including phenoxy) is 3. The molecule has 0 atom stereocenters. The average molecular weight is 467 g/mol. The molecule has 5 nitrogen and oxygen atoms in total. The van der Waals surface area contributed by atoms with Crippen LogP contribution >= 0.6 is 0 Å². The minimum absolute atomic E-state index is 0.0389. The number of carbonyl (C=O) groups is 2. The van der Waals surface area contributed by atoms with Gasteiger partial charge in [-0.05, 0) is 12.8 Å². The van der Waals surface area contributed by atoms with E-state index in [2.05, 4.69) is 18.6 Å². The molecule has 0 bridgehead atoms. The van der Waals surface area contributed by atoms with Gasteiger partial charge >= 0.3 is 11.9 Å². The molecule has 0 unspecified atom stereocenters. The van der Waals surface area contributed by atoms with Crippen molar-refractivity contribution >= 4 is 11.9 Å². The van der Waals surface area contributed by atoms with Gasteiger partial charge in [-0.15, -0.1) is 0 Å². The van der Waals surface area contributed by atoms with Gasteiger partial charge in [0.25, 0.3) is 11.5 Å². The molecule has 0 amide bonds. The van der Waals surface area contributed by atoms with E-state index in [1.54, 1.807) is 0 Å². The zero-order valence-electron chi connectivity index (χ0n) is 21.6. The van der Waals surface area contributed by atoms with Crippen LogP contribution in [-0.4, -0.2) is 25.2 Å². The van der Waals surface area contributed by atoms with E-state index in [0.717, 1.165) is 25.7 Å². The van der Waals surface area contributed by atoms with Gasteiger partial charge in [-0.25, -0.2) is 9.59 Å². The van der Waals surface area contributed by atoms with Crippen LogP contribution in [-0.2, 0) is 23.8 Å². The Balaban J connectivity index is 2.08. The van der Waals surface area contributed by atoms with Crippen molar-refractivity contribution in [3.8, 4) is 0 Å². The van der Waals surface area contributed by atoms with Crippen molar-refractivity contribution < 1.29 is 23.8 Å². The maximum Gasteiger partial charge on any atom is 0.385 e. The molecule has 0 fully saturated rings. The quantitative estimate of drug-likeness (QED) is 0.0815. The molecule has 5 heteroatoms. The molecule has 1 aliphatic heterocycles. The molecule has 33 heavy (non-hydrogen) atoms. The molecule has 0 spiro atoms. The van der Waals surface area contributed by atoms with Gasteiger partial charge in [0.2, 0.25) is 0 Å². The summed E-state index contributed by atoms with van der Waals surface area (Å²) in [6.45, 7) is 5.32. The number of esters is 2. The van der Waals surface area contributed by atoms with Gasteiger partial charge in [-0.3, -0.25) is 0 Å². The van der Waals surface area contributed by atoms with Crippen molar-refractivity contribution in [1.29, 1.82) is 0 Å². The van der Waals surface area contributed by atoms with Crippen LogP contribution in [0.25, 0.3) is 0 Å². The zero-order chi connectivity index (χ0) is 24.0. The predicted octanol–water partition coefficient (Wildman–Crippen LogP) is 8.16. The fourth-order valence-electron chi connectivity index (χ4n) is 4.14. The second-order valence-corrected chi connectivity index (χ2v) is 9.40. The van der Waals surface area contributed by atoms with Crippen LogP contribution in [0, 0.1) is 0 Å². The third kappa shape index (κ3) is 15.1. The molecule has 0 saturated heterocycles. The van der Waals surface area contributed by atoms with E-state index in [-0.39, 0.29) is 11.5 Å². The van der Waals surface area contributed by atoms with Crippen LogP contribution < -0.4 is 0 Å². The largest absolute Gasteiger partial charge is 0.484 e. The minimum atomic E-state index is -0.717. The number of carbonyl (C=O) groups excluding carboxylic acids is 2. The molecule has 0 radical (unpaired) electrons. The molecule has 1 aliphatic rings. The average Bonchev–Trinajstić information content (AvgIpc) is 3.08. The SMILES string of the molecule is CCCCCCCCCCCCOC1=C(OCCCCCCCCCCCC)C(=O)OC1=O. The van der Waals surface area contributed by atoms with Gasteiger partial charge in [-0.1, -0.05) is 129 Å². The summed E-state index contributed by atoms with van der Waals surface area (Å²) in [4.78, 5) is 23.8. The summed E-state index contributed by atoms with van der Waals surface area (Å²) >= 11 is 0. The number of unbranched alkanes of at least 4 members (excludes halogenated alkanes) is 18. The molecule has 0 saturated carbocycles. The molecule has 0 aromatic rings. The summed E-state index contributed by atoms with van der Waals surface area (Å²) in [6, 6.07) is 0. The Labute approximate surface area is 203 Å². The van der Waals surface area contributed by atoms with Gasteiger partial charge in [0.15, 0.2) is 0 Å². The first-order valence-corrected chi connectivity index (χ1v) is 14.0. The smallest absolute Gasteiger partial charge is 0.385 e. The molecular weight excluding hydrogens is 416 g/mol. The first-order chi connectivity index (χ1) is 16.2. The molecule has 192 valence electrons. The van der Waals surface area contributed by atoms with Crippen LogP contribution in [0.3, 0.4) is 0 Å². The van der Waals surface area contributed by atoms with Crippen LogP contribution in [0.4, 0.5) is 0 Å². The van der Waals surface area contributed by atoms with Gasteiger partial charge in [0.05, 0.1) is 13.2 Å². The van der Waals surface area contributed by atoms with E-state index >= 15 is 0 Å². The maximum atomic E-state index is 11.9. The highest BCUT2D eigenvalue weighted by Crippen LogP contribution is 2.21. The highest BCUT2D eigenvalue weighted by molar-refractivity contribution is 6.09. The van der Waals surface area contributed by atoms with Gasteiger partial charge in [-0.2, -0.15) is 0 Å². The standard InChI is InChI=1S/C28H50O5/c1-3-5-7-9-11-13-15-17-19-21-23-31-25-26(28(30)33-27(25)29)32-24-22-20-18-16-14-12-10-8-6-4-2/h3-24H2,1-2H3. The lowest BCUT2D eigenvalue weighted by atomic mass is 10.1. The summed E-state index contributed by atoms with van der Waals surface area (Å²) < 4.78 is 15.8. The fraction of sp³-hybridized carbons (Fsp3) is 0.857. The molecule has 1 heterocycles. The number of cyclic esters (lactones) is 2. The number of rotatable bonds is 24. The van der Waals surface area contributed by atoms with Crippen LogP contribution in [0.1, 0.15) is 142 Å². The number of hydrogen-bond donors (Lipinski definition) is 0. The van der Waals surface area contributed by atoms with E-state index in [1.165, 1.54) is 103 Å². The Kier molecular flexibility index (Phi) is 18.8. The molecule has 0 aliphatic carbocycles. The second kappa shape index (κ2) is 21.0. The maximum absolute atomic E-state index is 11.9. The first kappa shape index (κ1) is 29.5. The van der Waals surface area contributed by atoms with E-state index < -0.39 is 11.9 Å². The van der Waals surface area contributed by atoms with E-state index in [4.69, 9.17) is 9.47 Å². The van der Waals surface area contributed by atoms with Crippen molar-refractivity contribution in [3.63, 3.8) is 0 Å². The van der Waals surface area contributed by atoms with Gasteiger partial charge < -0.3 is 14.2 Å². The van der Waals surface area contributed by atoms with E-state index in [0.29, 0.717) is 13.2 Å². The lowest BCUT2D eigenvalue weighted by molar-refractivity contribution is -0.153. The predicted molar refractivity (Wildman–Crippen MR) is 134 cm³/mol. The lowest BCUT2D eigenvalue weighted by Gasteiger charge is -2.08. The molecular formula is C28H50O5. The van der Waals surface area contributed by atoms with Crippen molar-refractivity contribution in [2.45, 2.75) is 142 Å². The first-order valence-electron chi connectivity index (χ1n) is 14.0. The number of hydrogen-bond acceptors (Lipinski definition) is 5. The van der Waals surface area contributed by atoms with Crippen molar-refractivity contribution in [2.24, 2.45) is 0 Å². The van der Waals surface area contributed by atoms with Crippen LogP contribution in [0.15, 0.2) is 11.5 Å². The van der Waals surface area contributed by atoms with Gasteiger partial charge in [0.1, 0.15) is 0 Å². The molecule has 0 aromatic heterocycles.